The second kappa shape index (κ2) is 9.11. The molecule has 0 spiro atoms. The Morgan fingerprint density at radius 3 is 2.75 bits per heavy atom. The molecular weight excluding hydrogens is 384 g/mol. The quantitative estimate of drug-likeness (QED) is 0.728. The summed E-state index contributed by atoms with van der Waals surface area (Å²) in [5.41, 5.74) is 0. The van der Waals surface area contributed by atoms with Crippen molar-refractivity contribution >= 4 is 15.9 Å². The first-order valence-electron chi connectivity index (χ1n) is 9.57. The molecule has 2 saturated heterocycles. The second-order valence-electron chi connectivity index (χ2n) is 7.10. The van der Waals surface area contributed by atoms with E-state index in [9.17, 15) is 13.2 Å². The minimum Gasteiger partial charge on any atom is -0.497 e. The molecule has 28 heavy (non-hydrogen) atoms. The van der Waals surface area contributed by atoms with Gasteiger partial charge in [-0.05, 0) is 37.8 Å². The second-order valence-corrected chi connectivity index (χ2v) is 9.01. The summed E-state index contributed by atoms with van der Waals surface area (Å²) in [7, 11) is -0.902. The molecule has 1 amide bonds. The average Bonchev–Trinajstić information content (AvgIpc) is 3.25. The van der Waals surface area contributed by atoms with Gasteiger partial charge in [-0.2, -0.15) is 4.31 Å². The van der Waals surface area contributed by atoms with Gasteiger partial charge in [0.2, 0.25) is 15.9 Å². The largest absolute Gasteiger partial charge is 0.497 e. The third kappa shape index (κ3) is 4.59. The van der Waals surface area contributed by atoms with Gasteiger partial charge in [0.15, 0.2) is 0 Å². The molecule has 1 aromatic rings. The molecule has 9 heteroatoms. The monoisotopic (exact) mass is 412 g/mol. The topological polar surface area (TPSA) is 94.2 Å². The van der Waals surface area contributed by atoms with Gasteiger partial charge >= 0.3 is 0 Å². The highest BCUT2D eigenvalue weighted by Gasteiger charge is 2.35. The number of carbonyl (C=O) groups is 1. The fraction of sp³-hybridized carbons (Fsp3) is 0.632. The number of piperidine rings is 1. The van der Waals surface area contributed by atoms with Crippen molar-refractivity contribution in [3.63, 3.8) is 0 Å². The third-order valence-electron chi connectivity index (χ3n) is 5.27. The molecule has 0 saturated carbocycles. The number of ether oxygens (including phenoxy) is 3. The number of sulfonamides is 1. The van der Waals surface area contributed by atoms with Crippen LogP contribution in [0.4, 0.5) is 0 Å². The van der Waals surface area contributed by atoms with Crippen LogP contribution in [-0.4, -0.2) is 65.2 Å². The molecule has 1 aromatic carbocycles. The SMILES string of the molecule is COc1ccc(OC)c(S(=O)(=O)N2CCC[C@H](C(=O)NC[C@H]3CCCO3)C2)c1. The predicted octanol–water partition coefficient (Wildman–Crippen LogP) is 1.40. The molecule has 2 fully saturated rings. The molecule has 156 valence electrons. The summed E-state index contributed by atoms with van der Waals surface area (Å²) in [6.07, 6.45) is 3.31. The van der Waals surface area contributed by atoms with Gasteiger partial charge in [0.25, 0.3) is 0 Å². The molecule has 3 rings (SSSR count). The summed E-state index contributed by atoms with van der Waals surface area (Å²) in [6, 6.07) is 4.67. The molecule has 1 N–H and O–H groups in total. The van der Waals surface area contributed by atoms with Gasteiger partial charge in [0, 0.05) is 32.3 Å². The van der Waals surface area contributed by atoms with Gasteiger partial charge in [0.1, 0.15) is 16.4 Å². The Bertz CT molecular complexity index is 792. The smallest absolute Gasteiger partial charge is 0.246 e. The lowest BCUT2D eigenvalue weighted by Gasteiger charge is -2.31. The number of nitrogens with one attached hydrogen (secondary N) is 1. The van der Waals surface area contributed by atoms with Crippen molar-refractivity contribution in [3.8, 4) is 11.5 Å². The Kier molecular flexibility index (Phi) is 6.79. The van der Waals surface area contributed by atoms with Crippen LogP contribution in [0, 0.1) is 5.92 Å². The van der Waals surface area contributed by atoms with Gasteiger partial charge in [-0.3, -0.25) is 4.79 Å². The summed E-state index contributed by atoms with van der Waals surface area (Å²) >= 11 is 0. The number of benzene rings is 1. The zero-order valence-electron chi connectivity index (χ0n) is 16.3. The van der Waals surface area contributed by atoms with Crippen LogP contribution >= 0.6 is 0 Å². The highest BCUT2D eigenvalue weighted by molar-refractivity contribution is 7.89. The van der Waals surface area contributed by atoms with E-state index in [0.717, 1.165) is 19.4 Å². The van der Waals surface area contributed by atoms with E-state index in [2.05, 4.69) is 5.32 Å². The van der Waals surface area contributed by atoms with E-state index in [1.165, 1.54) is 24.6 Å². The van der Waals surface area contributed by atoms with Gasteiger partial charge in [0.05, 0.1) is 26.2 Å². The Morgan fingerprint density at radius 1 is 1.25 bits per heavy atom. The van der Waals surface area contributed by atoms with Crippen molar-refractivity contribution in [1.82, 2.24) is 9.62 Å². The van der Waals surface area contributed by atoms with Crippen LogP contribution in [0.25, 0.3) is 0 Å². The average molecular weight is 413 g/mol. The highest BCUT2D eigenvalue weighted by Crippen LogP contribution is 2.32. The zero-order valence-corrected chi connectivity index (χ0v) is 17.2. The van der Waals surface area contributed by atoms with Crippen LogP contribution in [0.3, 0.4) is 0 Å². The third-order valence-corrected chi connectivity index (χ3v) is 7.16. The van der Waals surface area contributed by atoms with E-state index in [4.69, 9.17) is 14.2 Å². The van der Waals surface area contributed by atoms with Crippen LogP contribution in [-0.2, 0) is 19.6 Å². The summed E-state index contributed by atoms with van der Waals surface area (Å²) in [5, 5.41) is 2.92. The standard InChI is InChI=1S/C19H28N2O6S/c1-25-15-7-8-17(26-2)18(11-15)28(23,24)21-9-3-5-14(13-21)19(22)20-12-16-6-4-10-27-16/h7-8,11,14,16H,3-6,9-10,12-13H2,1-2H3,(H,20,22)/t14-,16+/m0/s1. The van der Waals surface area contributed by atoms with Crippen LogP contribution in [0.1, 0.15) is 25.7 Å². The van der Waals surface area contributed by atoms with Gasteiger partial charge < -0.3 is 19.5 Å². The number of carbonyl (C=O) groups excluding carboxylic acids is 1. The van der Waals surface area contributed by atoms with E-state index in [0.29, 0.717) is 31.7 Å². The highest BCUT2D eigenvalue weighted by atomic mass is 32.2. The van der Waals surface area contributed by atoms with E-state index < -0.39 is 10.0 Å². The summed E-state index contributed by atoms with van der Waals surface area (Å²) in [4.78, 5) is 12.6. The predicted molar refractivity (Wildman–Crippen MR) is 103 cm³/mol. The first-order valence-corrected chi connectivity index (χ1v) is 11.0. The van der Waals surface area contributed by atoms with E-state index >= 15 is 0 Å². The molecular formula is C19H28N2O6S. The number of hydrogen-bond donors (Lipinski definition) is 1. The van der Waals surface area contributed by atoms with Crippen molar-refractivity contribution in [1.29, 1.82) is 0 Å². The van der Waals surface area contributed by atoms with Gasteiger partial charge in [-0.25, -0.2) is 8.42 Å². The van der Waals surface area contributed by atoms with E-state index in [-0.39, 0.29) is 35.1 Å². The summed E-state index contributed by atoms with van der Waals surface area (Å²) in [5.74, 6) is 0.197. The molecule has 0 bridgehead atoms. The maximum absolute atomic E-state index is 13.2. The lowest BCUT2D eigenvalue weighted by molar-refractivity contribution is -0.126. The Balaban J connectivity index is 1.71. The fourth-order valence-electron chi connectivity index (χ4n) is 3.66. The van der Waals surface area contributed by atoms with Crippen LogP contribution in [0.2, 0.25) is 0 Å². The molecule has 0 aromatic heterocycles. The van der Waals surface area contributed by atoms with E-state index in [1.54, 1.807) is 12.1 Å². The molecule has 0 unspecified atom stereocenters. The summed E-state index contributed by atoms with van der Waals surface area (Å²) < 4.78 is 43.7. The normalized spacial score (nSPS) is 23.4. The first-order chi connectivity index (χ1) is 13.5. The molecule has 0 radical (unpaired) electrons. The zero-order chi connectivity index (χ0) is 20.1. The molecule has 2 atom stereocenters. The van der Waals surface area contributed by atoms with Gasteiger partial charge in [-0.1, -0.05) is 0 Å². The molecule has 2 aliphatic heterocycles. The summed E-state index contributed by atoms with van der Waals surface area (Å²) in [6.45, 7) is 1.74. The van der Waals surface area contributed by atoms with Crippen molar-refractivity contribution in [3.05, 3.63) is 18.2 Å². The minimum atomic E-state index is -3.81. The van der Waals surface area contributed by atoms with Crippen molar-refractivity contribution < 1.29 is 27.4 Å². The lowest BCUT2D eigenvalue weighted by Crippen LogP contribution is -2.46. The van der Waals surface area contributed by atoms with Crippen molar-refractivity contribution in [2.75, 3.05) is 40.5 Å². The minimum absolute atomic E-state index is 0.0507. The number of hydrogen-bond acceptors (Lipinski definition) is 6. The number of methoxy groups -OCH3 is 2. The number of nitrogens with zero attached hydrogens (tertiary/aromatic N) is 1. The van der Waals surface area contributed by atoms with Crippen LogP contribution in [0.5, 0.6) is 11.5 Å². The van der Waals surface area contributed by atoms with Crippen molar-refractivity contribution in [2.45, 2.75) is 36.7 Å². The maximum atomic E-state index is 13.2. The van der Waals surface area contributed by atoms with E-state index in [1.807, 2.05) is 0 Å². The maximum Gasteiger partial charge on any atom is 0.246 e. The first kappa shape index (κ1) is 20.9. The molecule has 2 heterocycles. The Hall–Kier alpha value is -1.84. The number of amides is 1. The molecule has 8 nitrogen and oxygen atoms in total. The molecule has 2 aliphatic rings. The lowest BCUT2D eigenvalue weighted by atomic mass is 9.99. The Morgan fingerprint density at radius 2 is 2.07 bits per heavy atom. The van der Waals surface area contributed by atoms with Crippen LogP contribution in [0.15, 0.2) is 23.1 Å². The fourth-order valence-corrected chi connectivity index (χ4v) is 5.36. The van der Waals surface area contributed by atoms with Crippen molar-refractivity contribution in [2.24, 2.45) is 5.92 Å². The van der Waals surface area contributed by atoms with Gasteiger partial charge in [-0.15, -0.1) is 0 Å². The van der Waals surface area contributed by atoms with Crippen LogP contribution < -0.4 is 14.8 Å². The molecule has 0 aliphatic carbocycles. The Labute approximate surface area is 166 Å². The number of rotatable bonds is 7.